The molecule has 1 amide bonds. The number of aliphatic carboxylic acids is 1. The number of amides is 1. The monoisotopic (exact) mass is 251 g/mol. The van der Waals surface area contributed by atoms with Gasteiger partial charge in [-0.05, 0) is 31.1 Å². The molecule has 3 rings (SSSR count). The summed E-state index contributed by atoms with van der Waals surface area (Å²) in [5.74, 6) is -1.91. The molecule has 2 fully saturated rings. The van der Waals surface area contributed by atoms with Crippen molar-refractivity contribution in [3.05, 3.63) is 12.2 Å². The number of allylic oxidation sites excluding steroid dienone is 2. The number of hydroxylamine groups is 2. The summed E-state index contributed by atoms with van der Waals surface area (Å²) in [5, 5.41) is 10.7. The fraction of sp³-hybridized carbons (Fsp3) is 0.692. The third kappa shape index (κ3) is 1.73. The first kappa shape index (κ1) is 11.7. The summed E-state index contributed by atoms with van der Waals surface area (Å²) in [6.07, 6.45) is 6.63. The standard InChI is InChI=1S/C13H17NO4/c15-12(14-5-1-2-6-18-14)10-8-3-4-9(7-8)11(10)13(16)17/h3-4,8-11H,1-2,5-7H2,(H,16,17)/t8?,9?,10-,11+/m0/s1. The third-order valence-corrected chi connectivity index (χ3v) is 4.28. The maximum absolute atomic E-state index is 12.4. The highest BCUT2D eigenvalue weighted by Crippen LogP contribution is 2.48. The second-order valence-corrected chi connectivity index (χ2v) is 5.32. The van der Waals surface area contributed by atoms with E-state index in [2.05, 4.69) is 0 Å². The van der Waals surface area contributed by atoms with Crippen molar-refractivity contribution in [2.45, 2.75) is 19.3 Å². The first-order valence-electron chi connectivity index (χ1n) is 6.54. The Kier molecular flexibility index (Phi) is 2.86. The van der Waals surface area contributed by atoms with Crippen molar-refractivity contribution in [3.63, 3.8) is 0 Å². The third-order valence-electron chi connectivity index (χ3n) is 4.28. The lowest BCUT2D eigenvalue weighted by atomic mass is 9.82. The predicted molar refractivity (Wildman–Crippen MR) is 62.3 cm³/mol. The Morgan fingerprint density at radius 3 is 2.50 bits per heavy atom. The van der Waals surface area contributed by atoms with Gasteiger partial charge in [-0.25, -0.2) is 5.06 Å². The molecule has 0 aromatic heterocycles. The van der Waals surface area contributed by atoms with E-state index < -0.39 is 17.8 Å². The van der Waals surface area contributed by atoms with E-state index in [1.807, 2.05) is 12.2 Å². The highest BCUT2D eigenvalue weighted by Gasteiger charge is 2.52. The molecule has 0 spiro atoms. The van der Waals surface area contributed by atoms with Gasteiger partial charge in [0, 0.05) is 6.54 Å². The van der Waals surface area contributed by atoms with Crippen LogP contribution in [0.3, 0.4) is 0 Å². The molecule has 1 saturated carbocycles. The summed E-state index contributed by atoms with van der Waals surface area (Å²) in [7, 11) is 0. The number of hydrogen-bond donors (Lipinski definition) is 1. The molecule has 0 radical (unpaired) electrons. The van der Waals surface area contributed by atoms with Gasteiger partial charge in [-0.3, -0.25) is 14.4 Å². The molecule has 2 bridgehead atoms. The SMILES string of the molecule is O=C(O)[C@@H]1C2C=CC(C2)[C@@H]1C(=O)N1CCCCO1. The van der Waals surface area contributed by atoms with Crippen LogP contribution in [0.1, 0.15) is 19.3 Å². The van der Waals surface area contributed by atoms with E-state index in [1.165, 1.54) is 5.06 Å². The van der Waals surface area contributed by atoms with Crippen LogP contribution in [0.25, 0.3) is 0 Å². The average molecular weight is 251 g/mol. The maximum Gasteiger partial charge on any atom is 0.307 e. The van der Waals surface area contributed by atoms with Crippen LogP contribution in [-0.4, -0.2) is 35.2 Å². The average Bonchev–Trinajstić information content (AvgIpc) is 2.99. The number of carboxylic acid groups (broad SMARTS) is 1. The van der Waals surface area contributed by atoms with E-state index in [0.717, 1.165) is 19.3 Å². The van der Waals surface area contributed by atoms with E-state index in [9.17, 15) is 14.7 Å². The smallest absolute Gasteiger partial charge is 0.307 e. The topological polar surface area (TPSA) is 66.8 Å². The molecular weight excluding hydrogens is 234 g/mol. The Balaban J connectivity index is 1.79. The highest BCUT2D eigenvalue weighted by molar-refractivity contribution is 5.86. The zero-order valence-electron chi connectivity index (χ0n) is 10.1. The fourth-order valence-corrected chi connectivity index (χ4v) is 3.43. The zero-order valence-corrected chi connectivity index (χ0v) is 10.1. The number of nitrogens with zero attached hydrogens (tertiary/aromatic N) is 1. The van der Waals surface area contributed by atoms with Crippen LogP contribution >= 0.6 is 0 Å². The number of fused-ring (bicyclic) bond motifs is 2. The van der Waals surface area contributed by atoms with Gasteiger partial charge in [-0.2, -0.15) is 0 Å². The molecule has 1 aliphatic heterocycles. The van der Waals surface area contributed by atoms with Gasteiger partial charge >= 0.3 is 5.97 Å². The lowest BCUT2D eigenvalue weighted by molar-refractivity contribution is -0.204. The van der Waals surface area contributed by atoms with Crippen LogP contribution < -0.4 is 0 Å². The van der Waals surface area contributed by atoms with E-state index in [4.69, 9.17) is 4.84 Å². The molecule has 3 aliphatic rings. The van der Waals surface area contributed by atoms with Crippen molar-refractivity contribution in [1.29, 1.82) is 0 Å². The number of hydrogen-bond acceptors (Lipinski definition) is 3. The summed E-state index contributed by atoms with van der Waals surface area (Å²) in [6.45, 7) is 1.14. The van der Waals surface area contributed by atoms with Crippen LogP contribution in [-0.2, 0) is 14.4 Å². The lowest BCUT2D eigenvalue weighted by Crippen LogP contribution is -2.44. The van der Waals surface area contributed by atoms with Crippen molar-refractivity contribution in [3.8, 4) is 0 Å². The number of carboxylic acids is 1. The van der Waals surface area contributed by atoms with E-state index >= 15 is 0 Å². The second kappa shape index (κ2) is 4.39. The van der Waals surface area contributed by atoms with Crippen molar-refractivity contribution >= 4 is 11.9 Å². The van der Waals surface area contributed by atoms with E-state index in [0.29, 0.717) is 13.2 Å². The minimum Gasteiger partial charge on any atom is -0.481 e. The maximum atomic E-state index is 12.4. The number of carbonyl (C=O) groups excluding carboxylic acids is 1. The van der Waals surface area contributed by atoms with Crippen molar-refractivity contribution < 1.29 is 19.5 Å². The van der Waals surface area contributed by atoms with E-state index in [1.54, 1.807) is 0 Å². The first-order chi connectivity index (χ1) is 8.68. The summed E-state index contributed by atoms with van der Waals surface area (Å²) in [6, 6.07) is 0. The quantitative estimate of drug-likeness (QED) is 0.745. The van der Waals surface area contributed by atoms with Crippen molar-refractivity contribution in [1.82, 2.24) is 5.06 Å². The Bertz CT molecular complexity index is 400. The molecule has 4 atom stereocenters. The molecule has 18 heavy (non-hydrogen) atoms. The molecule has 2 aliphatic carbocycles. The Morgan fingerprint density at radius 2 is 1.89 bits per heavy atom. The Labute approximate surface area is 105 Å². The number of rotatable bonds is 2. The summed E-state index contributed by atoms with van der Waals surface area (Å²) in [4.78, 5) is 29.1. The van der Waals surface area contributed by atoms with Crippen LogP contribution in [0.15, 0.2) is 12.2 Å². The summed E-state index contributed by atoms with van der Waals surface area (Å²) in [5.41, 5.74) is 0. The predicted octanol–water partition coefficient (Wildman–Crippen LogP) is 1.06. The Hall–Kier alpha value is -1.36. The van der Waals surface area contributed by atoms with Crippen LogP contribution in [0.2, 0.25) is 0 Å². The second-order valence-electron chi connectivity index (χ2n) is 5.32. The minimum absolute atomic E-state index is 0.0197. The van der Waals surface area contributed by atoms with Crippen LogP contribution in [0.5, 0.6) is 0 Å². The van der Waals surface area contributed by atoms with Gasteiger partial charge < -0.3 is 5.11 Å². The fourth-order valence-electron chi connectivity index (χ4n) is 3.43. The summed E-state index contributed by atoms with van der Waals surface area (Å²) >= 11 is 0. The Morgan fingerprint density at radius 1 is 1.17 bits per heavy atom. The molecule has 1 saturated heterocycles. The summed E-state index contributed by atoms with van der Waals surface area (Å²) < 4.78 is 0. The zero-order chi connectivity index (χ0) is 12.7. The first-order valence-corrected chi connectivity index (χ1v) is 6.54. The molecule has 5 nitrogen and oxygen atoms in total. The van der Waals surface area contributed by atoms with Gasteiger partial charge in [0.25, 0.3) is 5.91 Å². The molecule has 2 unspecified atom stereocenters. The minimum atomic E-state index is -0.859. The molecule has 1 N–H and O–H groups in total. The highest BCUT2D eigenvalue weighted by atomic mass is 16.7. The largest absolute Gasteiger partial charge is 0.481 e. The molecule has 5 heteroatoms. The van der Waals surface area contributed by atoms with Gasteiger partial charge in [0.15, 0.2) is 0 Å². The van der Waals surface area contributed by atoms with Gasteiger partial charge in [0.05, 0.1) is 18.4 Å². The van der Waals surface area contributed by atoms with E-state index in [-0.39, 0.29) is 17.7 Å². The van der Waals surface area contributed by atoms with Gasteiger partial charge in [0.2, 0.25) is 0 Å². The normalized spacial score (nSPS) is 38.1. The number of carbonyl (C=O) groups is 2. The van der Waals surface area contributed by atoms with Crippen LogP contribution in [0, 0.1) is 23.7 Å². The van der Waals surface area contributed by atoms with Gasteiger partial charge in [0.1, 0.15) is 0 Å². The molecular formula is C13H17NO4. The van der Waals surface area contributed by atoms with Crippen molar-refractivity contribution in [2.75, 3.05) is 13.2 Å². The van der Waals surface area contributed by atoms with Crippen molar-refractivity contribution in [2.24, 2.45) is 23.7 Å². The molecule has 98 valence electrons. The molecule has 1 heterocycles. The van der Waals surface area contributed by atoms with Gasteiger partial charge in [-0.15, -0.1) is 0 Å². The lowest BCUT2D eigenvalue weighted by Gasteiger charge is -2.32. The van der Waals surface area contributed by atoms with Gasteiger partial charge in [-0.1, -0.05) is 12.2 Å². The molecule has 0 aromatic rings. The molecule has 0 aromatic carbocycles. The van der Waals surface area contributed by atoms with Crippen LogP contribution in [0.4, 0.5) is 0 Å².